The Morgan fingerprint density at radius 3 is 2.35 bits per heavy atom. The molecule has 0 fully saturated rings. The van der Waals surface area contributed by atoms with Crippen LogP contribution in [-0.4, -0.2) is 32.4 Å². The lowest BCUT2D eigenvalue weighted by molar-refractivity contribution is -0.121. The van der Waals surface area contributed by atoms with Crippen LogP contribution < -0.4 is 10.6 Å². The Bertz CT molecular complexity index is 587. The molecule has 0 radical (unpaired) electrons. The number of nitrogens with one attached hydrogen (secondary N) is 2. The molecule has 8 heteroatoms. The summed E-state index contributed by atoms with van der Waals surface area (Å²) in [5.74, 6) is -0.147. The Kier molecular flexibility index (Phi) is 6.42. The van der Waals surface area contributed by atoms with Crippen molar-refractivity contribution in [3.05, 3.63) is 0 Å². The van der Waals surface area contributed by atoms with E-state index >= 15 is 0 Å². The first kappa shape index (κ1) is 19.7. The van der Waals surface area contributed by atoms with Crippen molar-refractivity contribution in [2.75, 3.05) is 5.32 Å². The van der Waals surface area contributed by atoms with Gasteiger partial charge in [0, 0.05) is 5.54 Å². The van der Waals surface area contributed by atoms with Crippen molar-refractivity contribution in [3.8, 4) is 6.07 Å². The van der Waals surface area contributed by atoms with Crippen LogP contribution in [0.15, 0.2) is 4.34 Å². The second kappa shape index (κ2) is 7.49. The number of aromatic nitrogens is 2. The van der Waals surface area contributed by atoms with E-state index in [1.807, 2.05) is 34.6 Å². The van der Waals surface area contributed by atoms with Gasteiger partial charge in [0.05, 0.1) is 11.3 Å². The van der Waals surface area contributed by atoms with Crippen LogP contribution in [0.2, 0.25) is 0 Å². The monoisotopic (exact) mass is 355 g/mol. The molecule has 1 rings (SSSR count). The van der Waals surface area contributed by atoms with Gasteiger partial charge in [-0.1, -0.05) is 36.9 Å². The third kappa shape index (κ3) is 5.99. The molecule has 0 saturated heterocycles. The van der Waals surface area contributed by atoms with E-state index in [0.717, 1.165) is 9.47 Å². The highest BCUT2D eigenvalue weighted by Gasteiger charge is 2.32. The number of amides is 1. The van der Waals surface area contributed by atoms with E-state index in [0.29, 0.717) is 0 Å². The van der Waals surface area contributed by atoms with Crippen LogP contribution in [0.4, 0.5) is 5.13 Å². The zero-order valence-electron chi connectivity index (χ0n) is 14.7. The maximum atomic E-state index is 12.3. The SMILES string of the molecule is CC(Sc1nnc(NC(C)(C)C)s1)C(=O)NC(C)(C#N)C(C)C. The molecule has 0 aromatic carbocycles. The number of nitrogens with zero attached hydrogens (tertiary/aromatic N) is 3. The molecule has 0 spiro atoms. The third-order valence-corrected chi connectivity index (χ3v) is 5.33. The second-order valence-corrected chi connectivity index (χ2v) is 9.53. The zero-order valence-corrected chi connectivity index (χ0v) is 16.4. The van der Waals surface area contributed by atoms with Gasteiger partial charge in [-0.15, -0.1) is 10.2 Å². The summed E-state index contributed by atoms with van der Waals surface area (Å²) >= 11 is 2.77. The molecule has 1 aromatic heterocycles. The van der Waals surface area contributed by atoms with E-state index < -0.39 is 5.54 Å². The normalized spacial score (nSPS) is 15.6. The Hall–Kier alpha value is -1.33. The molecule has 2 N–H and O–H groups in total. The Morgan fingerprint density at radius 2 is 1.87 bits per heavy atom. The highest BCUT2D eigenvalue weighted by molar-refractivity contribution is 8.02. The van der Waals surface area contributed by atoms with E-state index in [4.69, 9.17) is 0 Å². The summed E-state index contributed by atoms with van der Waals surface area (Å²) in [6, 6.07) is 2.18. The Morgan fingerprint density at radius 1 is 1.26 bits per heavy atom. The zero-order chi connectivity index (χ0) is 17.8. The van der Waals surface area contributed by atoms with Crippen LogP contribution in [-0.2, 0) is 4.79 Å². The van der Waals surface area contributed by atoms with Crippen molar-refractivity contribution in [1.29, 1.82) is 5.26 Å². The van der Waals surface area contributed by atoms with Crippen molar-refractivity contribution >= 4 is 34.1 Å². The lowest BCUT2D eigenvalue weighted by Crippen LogP contribution is -2.51. The predicted octanol–water partition coefficient (Wildman–Crippen LogP) is 3.28. The summed E-state index contributed by atoms with van der Waals surface area (Å²) in [5.41, 5.74) is -0.956. The number of thioether (sulfide) groups is 1. The summed E-state index contributed by atoms with van der Waals surface area (Å²) in [5, 5.41) is 23.9. The molecule has 0 saturated carbocycles. The third-order valence-electron chi connectivity index (χ3n) is 3.31. The molecule has 128 valence electrons. The molecule has 23 heavy (non-hydrogen) atoms. The number of anilines is 1. The van der Waals surface area contributed by atoms with Crippen molar-refractivity contribution in [2.24, 2.45) is 5.92 Å². The van der Waals surface area contributed by atoms with Gasteiger partial charge < -0.3 is 10.6 Å². The molecule has 1 amide bonds. The number of carbonyl (C=O) groups is 1. The van der Waals surface area contributed by atoms with Gasteiger partial charge in [-0.05, 0) is 40.5 Å². The van der Waals surface area contributed by atoms with Crippen molar-refractivity contribution in [1.82, 2.24) is 15.5 Å². The highest BCUT2D eigenvalue weighted by Crippen LogP contribution is 2.30. The van der Waals surface area contributed by atoms with Crippen LogP contribution in [0.5, 0.6) is 0 Å². The van der Waals surface area contributed by atoms with Gasteiger partial charge in [-0.25, -0.2) is 0 Å². The summed E-state index contributed by atoms with van der Waals surface area (Å²) < 4.78 is 0.725. The minimum atomic E-state index is -0.869. The second-order valence-electron chi connectivity index (χ2n) is 6.97. The van der Waals surface area contributed by atoms with Gasteiger partial charge >= 0.3 is 0 Å². The predicted molar refractivity (Wildman–Crippen MR) is 95.6 cm³/mol. The number of nitriles is 1. The molecule has 0 aliphatic rings. The molecule has 2 unspecified atom stereocenters. The quantitative estimate of drug-likeness (QED) is 0.761. The van der Waals surface area contributed by atoms with Crippen molar-refractivity contribution in [2.45, 2.75) is 69.1 Å². The topological polar surface area (TPSA) is 90.7 Å². The first-order chi connectivity index (χ1) is 10.5. The van der Waals surface area contributed by atoms with E-state index in [1.165, 1.54) is 23.1 Å². The van der Waals surface area contributed by atoms with Gasteiger partial charge in [-0.3, -0.25) is 4.79 Å². The van der Waals surface area contributed by atoms with Crippen molar-refractivity contribution in [3.63, 3.8) is 0 Å². The smallest absolute Gasteiger partial charge is 0.234 e. The van der Waals surface area contributed by atoms with Gasteiger partial charge in [0.15, 0.2) is 4.34 Å². The number of carbonyl (C=O) groups excluding carboxylic acids is 1. The fourth-order valence-electron chi connectivity index (χ4n) is 1.49. The summed E-state index contributed by atoms with van der Waals surface area (Å²) in [7, 11) is 0. The lowest BCUT2D eigenvalue weighted by atomic mass is 9.90. The molecule has 0 aliphatic heterocycles. The van der Waals surface area contributed by atoms with Crippen LogP contribution in [0.1, 0.15) is 48.5 Å². The molecule has 1 aromatic rings. The van der Waals surface area contributed by atoms with E-state index in [1.54, 1.807) is 13.8 Å². The molecule has 1 heterocycles. The average molecular weight is 356 g/mol. The van der Waals surface area contributed by atoms with Gasteiger partial charge in [-0.2, -0.15) is 5.26 Å². The average Bonchev–Trinajstić information content (AvgIpc) is 2.82. The van der Waals surface area contributed by atoms with Gasteiger partial charge in [0.1, 0.15) is 5.54 Å². The summed E-state index contributed by atoms with van der Waals surface area (Å²) in [6.45, 7) is 13.5. The Balaban J connectivity index is 2.68. The fourth-order valence-corrected chi connectivity index (χ4v) is 3.60. The van der Waals surface area contributed by atoms with E-state index in [-0.39, 0.29) is 22.6 Å². The molecule has 0 aliphatic carbocycles. The van der Waals surface area contributed by atoms with Gasteiger partial charge in [0.25, 0.3) is 0 Å². The first-order valence-electron chi connectivity index (χ1n) is 7.48. The summed E-state index contributed by atoms with van der Waals surface area (Å²) in [6.07, 6.45) is 0. The van der Waals surface area contributed by atoms with Crippen LogP contribution >= 0.6 is 23.1 Å². The molecular weight excluding hydrogens is 330 g/mol. The summed E-state index contributed by atoms with van der Waals surface area (Å²) in [4.78, 5) is 12.3. The number of hydrogen-bond acceptors (Lipinski definition) is 7. The molecule has 2 atom stereocenters. The van der Waals surface area contributed by atoms with Crippen LogP contribution in [0, 0.1) is 17.2 Å². The van der Waals surface area contributed by atoms with Crippen molar-refractivity contribution < 1.29 is 4.79 Å². The van der Waals surface area contributed by atoms with Crippen LogP contribution in [0.3, 0.4) is 0 Å². The minimum Gasteiger partial charge on any atom is -0.355 e. The fraction of sp³-hybridized carbons (Fsp3) is 0.733. The Labute approximate surface area is 146 Å². The highest BCUT2D eigenvalue weighted by atomic mass is 32.2. The van der Waals surface area contributed by atoms with E-state index in [2.05, 4.69) is 26.9 Å². The molecule has 6 nitrogen and oxygen atoms in total. The van der Waals surface area contributed by atoms with E-state index in [9.17, 15) is 10.1 Å². The molecular formula is C15H25N5OS2. The van der Waals surface area contributed by atoms with Gasteiger partial charge in [0.2, 0.25) is 11.0 Å². The maximum absolute atomic E-state index is 12.3. The molecule has 0 bridgehead atoms. The standard InChI is InChI=1S/C15H25N5OS2/c1-9(2)15(7,8-16)17-11(21)10(3)22-13-20-19-12(23-13)18-14(4,5)6/h9-10H,1-7H3,(H,17,21)(H,18,19). The van der Waals surface area contributed by atoms with Crippen LogP contribution in [0.25, 0.3) is 0 Å². The number of hydrogen-bond donors (Lipinski definition) is 2. The minimum absolute atomic E-state index is 0.0257. The largest absolute Gasteiger partial charge is 0.355 e. The maximum Gasteiger partial charge on any atom is 0.234 e. The first-order valence-corrected chi connectivity index (χ1v) is 9.18. The lowest BCUT2D eigenvalue weighted by Gasteiger charge is -2.28. The number of rotatable bonds is 6.